The summed E-state index contributed by atoms with van der Waals surface area (Å²) in [6.45, 7) is 4.24. The highest BCUT2D eigenvalue weighted by Crippen LogP contribution is 2.26. The summed E-state index contributed by atoms with van der Waals surface area (Å²) in [4.78, 5) is 30.0. The van der Waals surface area contributed by atoms with Crippen LogP contribution in [0.15, 0.2) is 10.7 Å². The quantitative estimate of drug-likeness (QED) is 0.782. The zero-order valence-electron chi connectivity index (χ0n) is 13.5. The molecule has 1 heterocycles. The van der Waals surface area contributed by atoms with Gasteiger partial charge in [-0.15, -0.1) is 0 Å². The standard InChI is InChI=1S/C16H24N2O4/c1-11(2)18(15(19)12-7-5-4-6-8-12)9-14-17-13(10-22-14)16(20)21-3/h10-12H,4-9H2,1-3H3. The Morgan fingerprint density at radius 2 is 2.05 bits per heavy atom. The van der Waals surface area contributed by atoms with Crippen LogP contribution in [0.3, 0.4) is 0 Å². The fourth-order valence-electron chi connectivity index (χ4n) is 2.83. The number of hydrogen-bond donors (Lipinski definition) is 0. The minimum Gasteiger partial charge on any atom is -0.464 e. The summed E-state index contributed by atoms with van der Waals surface area (Å²) < 4.78 is 9.90. The van der Waals surface area contributed by atoms with Crippen molar-refractivity contribution in [3.05, 3.63) is 17.8 Å². The molecule has 122 valence electrons. The molecule has 0 atom stereocenters. The number of aromatic nitrogens is 1. The number of esters is 1. The van der Waals surface area contributed by atoms with Gasteiger partial charge < -0.3 is 14.1 Å². The van der Waals surface area contributed by atoms with Crippen LogP contribution in [0.1, 0.15) is 62.3 Å². The molecule has 0 spiro atoms. The van der Waals surface area contributed by atoms with Crippen molar-refractivity contribution in [2.24, 2.45) is 5.92 Å². The Morgan fingerprint density at radius 3 is 2.64 bits per heavy atom. The first-order valence-electron chi connectivity index (χ1n) is 7.86. The van der Waals surface area contributed by atoms with Gasteiger partial charge in [-0.05, 0) is 26.7 Å². The van der Waals surface area contributed by atoms with Gasteiger partial charge in [-0.3, -0.25) is 4.79 Å². The van der Waals surface area contributed by atoms with Crippen LogP contribution in [0.4, 0.5) is 0 Å². The summed E-state index contributed by atoms with van der Waals surface area (Å²) in [6, 6.07) is 0.0582. The molecular weight excluding hydrogens is 284 g/mol. The summed E-state index contributed by atoms with van der Waals surface area (Å²) in [5, 5.41) is 0. The number of amides is 1. The lowest BCUT2D eigenvalue weighted by atomic mass is 9.88. The molecule has 6 nitrogen and oxygen atoms in total. The van der Waals surface area contributed by atoms with Crippen molar-refractivity contribution < 1.29 is 18.7 Å². The van der Waals surface area contributed by atoms with Crippen molar-refractivity contribution in [2.45, 2.75) is 58.5 Å². The zero-order valence-corrected chi connectivity index (χ0v) is 13.5. The summed E-state index contributed by atoms with van der Waals surface area (Å²) in [7, 11) is 1.30. The van der Waals surface area contributed by atoms with Gasteiger partial charge in [0, 0.05) is 12.0 Å². The van der Waals surface area contributed by atoms with E-state index in [4.69, 9.17) is 4.42 Å². The lowest BCUT2D eigenvalue weighted by Crippen LogP contribution is -2.41. The highest BCUT2D eigenvalue weighted by atomic mass is 16.5. The van der Waals surface area contributed by atoms with Crippen molar-refractivity contribution in [3.63, 3.8) is 0 Å². The molecular formula is C16H24N2O4. The lowest BCUT2D eigenvalue weighted by Gasteiger charge is -2.31. The molecule has 0 aliphatic heterocycles. The molecule has 1 aromatic rings. The zero-order chi connectivity index (χ0) is 16.1. The van der Waals surface area contributed by atoms with Gasteiger partial charge in [0.05, 0.1) is 13.7 Å². The first-order chi connectivity index (χ1) is 10.5. The van der Waals surface area contributed by atoms with Gasteiger partial charge >= 0.3 is 5.97 Å². The normalized spacial score (nSPS) is 15.8. The van der Waals surface area contributed by atoms with E-state index in [1.54, 1.807) is 4.90 Å². The minimum atomic E-state index is -0.537. The molecule has 1 fully saturated rings. The van der Waals surface area contributed by atoms with Gasteiger partial charge in [-0.2, -0.15) is 0 Å². The fourth-order valence-corrected chi connectivity index (χ4v) is 2.83. The van der Waals surface area contributed by atoms with Crippen LogP contribution in [0.2, 0.25) is 0 Å². The number of rotatable bonds is 5. The van der Waals surface area contributed by atoms with Crippen LogP contribution in [-0.4, -0.2) is 34.9 Å². The van der Waals surface area contributed by atoms with E-state index in [2.05, 4.69) is 9.72 Å². The molecule has 1 aliphatic carbocycles. The Hall–Kier alpha value is -1.85. The van der Waals surface area contributed by atoms with Gasteiger partial charge in [0.1, 0.15) is 6.26 Å². The largest absolute Gasteiger partial charge is 0.464 e. The Balaban J connectivity index is 2.06. The third kappa shape index (κ3) is 3.87. The molecule has 22 heavy (non-hydrogen) atoms. The smallest absolute Gasteiger partial charge is 0.360 e. The number of carbonyl (C=O) groups excluding carboxylic acids is 2. The van der Waals surface area contributed by atoms with Crippen LogP contribution < -0.4 is 0 Å². The van der Waals surface area contributed by atoms with E-state index in [0.29, 0.717) is 5.89 Å². The Bertz CT molecular complexity index is 518. The number of ether oxygens (including phenoxy) is 1. The van der Waals surface area contributed by atoms with Crippen molar-refractivity contribution in [1.29, 1.82) is 0 Å². The number of hydrogen-bond acceptors (Lipinski definition) is 5. The van der Waals surface area contributed by atoms with Crippen LogP contribution in [0.25, 0.3) is 0 Å². The molecule has 0 saturated heterocycles. The van der Waals surface area contributed by atoms with Crippen LogP contribution in [-0.2, 0) is 16.1 Å². The topological polar surface area (TPSA) is 72.6 Å². The van der Waals surface area contributed by atoms with Gasteiger partial charge in [0.2, 0.25) is 11.8 Å². The van der Waals surface area contributed by atoms with Gasteiger partial charge in [0.15, 0.2) is 5.69 Å². The highest BCUT2D eigenvalue weighted by Gasteiger charge is 2.28. The first-order valence-corrected chi connectivity index (χ1v) is 7.86. The molecule has 1 aromatic heterocycles. The van der Waals surface area contributed by atoms with Crippen molar-refractivity contribution in [1.82, 2.24) is 9.88 Å². The molecule has 6 heteroatoms. The number of methoxy groups -OCH3 is 1. The summed E-state index contributed by atoms with van der Waals surface area (Å²) in [5.41, 5.74) is 0.131. The second-order valence-electron chi connectivity index (χ2n) is 6.01. The average Bonchev–Trinajstić information content (AvgIpc) is 3.00. The second kappa shape index (κ2) is 7.42. The second-order valence-corrected chi connectivity index (χ2v) is 6.01. The van der Waals surface area contributed by atoms with E-state index >= 15 is 0 Å². The monoisotopic (exact) mass is 308 g/mol. The van der Waals surface area contributed by atoms with Crippen molar-refractivity contribution in [3.8, 4) is 0 Å². The highest BCUT2D eigenvalue weighted by molar-refractivity contribution is 5.86. The molecule has 0 unspecified atom stereocenters. The minimum absolute atomic E-state index is 0.0582. The SMILES string of the molecule is COC(=O)c1coc(CN(C(=O)C2CCCCC2)C(C)C)n1. The van der Waals surface area contributed by atoms with E-state index in [0.717, 1.165) is 25.7 Å². The maximum Gasteiger partial charge on any atom is 0.360 e. The van der Waals surface area contributed by atoms with Crippen molar-refractivity contribution >= 4 is 11.9 Å². The third-order valence-corrected chi connectivity index (χ3v) is 4.11. The predicted molar refractivity (Wildman–Crippen MR) is 80.1 cm³/mol. The van der Waals surface area contributed by atoms with Gasteiger partial charge in [-0.1, -0.05) is 19.3 Å². The Labute approximate surface area is 130 Å². The van der Waals surface area contributed by atoms with E-state index in [1.165, 1.54) is 19.8 Å². The molecule has 1 saturated carbocycles. The lowest BCUT2D eigenvalue weighted by molar-refractivity contribution is -0.139. The van der Waals surface area contributed by atoms with E-state index in [-0.39, 0.29) is 30.1 Å². The average molecular weight is 308 g/mol. The van der Waals surface area contributed by atoms with Gasteiger partial charge in [-0.25, -0.2) is 9.78 Å². The molecule has 0 bridgehead atoms. The maximum absolute atomic E-state index is 12.7. The number of carbonyl (C=O) groups is 2. The van der Waals surface area contributed by atoms with E-state index in [1.807, 2.05) is 13.8 Å². The van der Waals surface area contributed by atoms with Crippen molar-refractivity contribution in [2.75, 3.05) is 7.11 Å². The van der Waals surface area contributed by atoms with E-state index < -0.39 is 5.97 Å². The van der Waals surface area contributed by atoms with Crippen LogP contribution >= 0.6 is 0 Å². The number of oxazole rings is 1. The van der Waals surface area contributed by atoms with Crippen LogP contribution in [0.5, 0.6) is 0 Å². The number of nitrogens with zero attached hydrogens (tertiary/aromatic N) is 2. The molecule has 1 aliphatic rings. The Morgan fingerprint density at radius 1 is 1.36 bits per heavy atom. The third-order valence-electron chi connectivity index (χ3n) is 4.11. The molecule has 0 N–H and O–H groups in total. The Kier molecular flexibility index (Phi) is 5.57. The van der Waals surface area contributed by atoms with Crippen LogP contribution in [0, 0.1) is 5.92 Å². The van der Waals surface area contributed by atoms with E-state index in [9.17, 15) is 9.59 Å². The molecule has 1 amide bonds. The molecule has 0 aromatic carbocycles. The first kappa shape index (κ1) is 16.5. The predicted octanol–water partition coefficient (Wildman–Crippen LogP) is 2.78. The summed E-state index contributed by atoms with van der Waals surface area (Å²) in [6.07, 6.45) is 6.64. The molecule has 2 rings (SSSR count). The summed E-state index contributed by atoms with van der Waals surface area (Å²) >= 11 is 0. The van der Waals surface area contributed by atoms with Gasteiger partial charge in [0.25, 0.3) is 0 Å². The molecule has 0 radical (unpaired) electrons. The summed E-state index contributed by atoms with van der Waals surface area (Å²) in [5.74, 6) is 0.0849. The maximum atomic E-state index is 12.7. The fraction of sp³-hybridized carbons (Fsp3) is 0.688.